The lowest BCUT2D eigenvalue weighted by molar-refractivity contribution is -0.116. The average Bonchev–Trinajstić information content (AvgIpc) is 3.27. The van der Waals surface area contributed by atoms with E-state index in [0.717, 1.165) is 23.0 Å². The fraction of sp³-hybridized carbons (Fsp3) is 0.273. The first kappa shape index (κ1) is 22.2. The number of hydrogen-bond acceptors (Lipinski definition) is 8. The van der Waals surface area contributed by atoms with Gasteiger partial charge >= 0.3 is 0 Å². The second-order valence-corrected chi connectivity index (χ2v) is 7.44. The maximum absolute atomic E-state index is 12.8. The molecule has 0 saturated heterocycles. The zero-order valence-corrected chi connectivity index (χ0v) is 18.3. The van der Waals surface area contributed by atoms with Crippen LogP contribution in [-0.2, 0) is 4.79 Å². The van der Waals surface area contributed by atoms with Gasteiger partial charge in [0.05, 0.1) is 38.0 Å². The molecule has 8 nitrogen and oxygen atoms in total. The van der Waals surface area contributed by atoms with Gasteiger partial charge in [-0.25, -0.2) is 0 Å². The third-order valence-electron chi connectivity index (χ3n) is 4.46. The van der Waals surface area contributed by atoms with E-state index in [2.05, 4.69) is 16.3 Å². The number of aromatic nitrogens is 2. The van der Waals surface area contributed by atoms with Crippen LogP contribution in [0.15, 0.2) is 52.1 Å². The molecule has 0 fully saturated rings. The summed E-state index contributed by atoms with van der Waals surface area (Å²) < 4.78 is 16.3. The Balaban J connectivity index is 1.71. The summed E-state index contributed by atoms with van der Waals surface area (Å²) in [5.41, 5.74) is 2.48. The van der Waals surface area contributed by atoms with Crippen LogP contribution >= 0.6 is 11.8 Å². The minimum atomic E-state index is -0.147. The number of ether oxygens (including phenoxy) is 2. The molecule has 9 heteroatoms. The first-order valence-corrected chi connectivity index (χ1v) is 10.5. The van der Waals surface area contributed by atoms with Crippen molar-refractivity contribution in [1.82, 2.24) is 10.2 Å². The third-order valence-corrected chi connectivity index (χ3v) is 5.26. The Morgan fingerprint density at radius 2 is 1.94 bits per heavy atom. The van der Waals surface area contributed by atoms with Crippen LogP contribution in [0.25, 0.3) is 11.5 Å². The Bertz CT molecular complexity index is 1080. The zero-order valence-electron chi connectivity index (χ0n) is 17.5. The maximum Gasteiger partial charge on any atom is 0.277 e. The molecule has 0 aliphatic heterocycles. The molecule has 160 valence electrons. The largest absolute Gasteiger partial charge is 0.497 e. The Morgan fingerprint density at radius 3 is 2.61 bits per heavy atom. The van der Waals surface area contributed by atoms with Crippen LogP contribution in [0.5, 0.6) is 11.5 Å². The summed E-state index contributed by atoms with van der Waals surface area (Å²) in [5, 5.41) is 17.3. The van der Waals surface area contributed by atoms with E-state index in [1.54, 1.807) is 37.3 Å². The molecule has 0 unspecified atom stereocenters. The molecule has 3 rings (SSSR count). The number of nitriles is 1. The molecule has 0 radical (unpaired) electrons. The summed E-state index contributed by atoms with van der Waals surface area (Å²) >= 11 is 1.14. The predicted octanol–water partition coefficient (Wildman–Crippen LogP) is 4.10. The van der Waals surface area contributed by atoms with Gasteiger partial charge in [0.1, 0.15) is 11.5 Å². The van der Waals surface area contributed by atoms with E-state index in [1.807, 2.05) is 31.2 Å². The molecule has 0 aliphatic rings. The van der Waals surface area contributed by atoms with Crippen molar-refractivity contribution >= 4 is 23.4 Å². The molecule has 1 heterocycles. The van der Waals surface area contributed by atoms with Gasteiger partial charge in [-0.15, -0.1) is 10.2 Å². The van der Waals surface area contributed by atoms with Crippen LogP contribution in [0.2, 0.25) is 0 Å². The molecule has 0 N–H and O–H groups in total. The fourth-order valence-electron chi connectivity index (χ4n) is 2.84. The zero-order chi connectivity index (χ0) is 22.2. The van der Waals surface area contributed by atoms with E-state index in [0.29, 0.717) is 23.6 Å². The van der Waals surface area contributed by atoms with E-state index < -0.39 is 0 Å². The lowest BCUT2D eigenvalue weighted by Gasteiger charge is -2.21. The highest BCUT2D eigenvalue weighted by atomic mass is 32.2. The highest BCUT2D eigenvalue weighted by molar-refractivity contribution is 7.99. The Kier molecular flexibility index (Phi) is 7.51. The number of nitrogens with zero attached hydrogens (tertiary/aromatic N) is 4. The number of carbonyl (C=O) groups excluding carboxylic acids is 1. The molecule has 1 aromatic heterocycles. The molecule has 2 aromatic carbocycles. The van der Waals surface area contributed by atoms with Gasteiger partial charge in [0.2, 0.25) is 5.91 Å². The van der Waals surface area contributed by atoms with Gasteiger partial charge in [-0.3, -0.25) is 4.79 Å². The minimum absolute atomic E-state index is 0.0979. The van der Waals surface area contributed by atoms with E-state index in [1.165, 1.54) is 0 Å². The van der Waals surface area contributed by atoms with Crippen LogP contribution in [0.4, 0.5) is 5.69 Å². The van der Waals surface area contributed by atoms with Gasteiger partial charge in [0, 0.05) is 18.3 Å². The molecule has 1 amide bonds. The number of hydrogen-bond donors (Lipinski definition) is 0. The highest BCUT2D eigenvalue weighted by Crippen LogP contribution is 2.33. The van der Waals surface area contributed by atoms with Crippen LogP contribution in [0.1, 0.15) is 12.0 Å². The van der Waals surface area contributed by atoms with Gasteiger partial charge in [0.25, 0.3) is 11.1 Å². The Hall–Kier alpha value is -3.51. The van der Waals surface area contributed by atoms with Crippen molar-refractivity contribution in [2.75, 3.05) is 31.4 Å². The second kappa shape index (κ2) is 10.5. The van der Waals surface area contributed by atoms with Crippen LogP contribution in [-0.4, -0.2) is 42.6 Å². The van der Waals surface area contributed by atoms with E-state index in [-0.39, 0.29) is 29.2 Å². The van der Waals surface area contributed by atoms with Crippen molar-refractivity contribution in [2.45, 2.75) is 18.6 Å². The summed E-state index contributed by atoms with van der Waals surface area (Å²) in [6, 6.07) is 15.0. The lowest BCUT2D eigenvalue weighted by Crippen LogP contribution is -2.33. The molecule has 3 aromatic rings. The van der Waals surface area contributed by atoms with Crippen molar-refractivity contribution < 1.29 is 18.7 Å². The smallest absolute Gasteiger partial charge is 0.277 e. The van der Waals surface area contributed by atoms with Crippen molar-refractivity contribution in [1.29, 1.82) is 5.26 Å². The van der Waals surface area contributed by atoms with Gasteiger partial charge in [-0.1, -0.05) is 29.5 Å². The number of anilines is 1. The molecule has 31 heavy (non-hydrogen) atoms. The first-order valence-electron chi connectivity index (χ1n) is 9.48. The van der Waals surface area contributed by atoms with Crippen molar-refractivity contribution in [3.05, 3.63) is 48.0 Å². The molecular formula is C22H22N4O4S. The number of thioether (sulfide) groups is 1. The number of aryl methyl sites for hydroxylation is 1. The van der Waals surface area contributed by atoms with E-state index >= 15 is 0 Å². The number of rotatable bonds is 9. The van der Waals surface area contributed by atoms with Crippen molar-refractivity contribution in [3.63, 3.8) is 0 Å². The van der Waals surface area contributed by atoms with Gasteiger partial charge < -0.3 is 18.8 Å². The third kappa shape index (κ3) is 5.55. The van der Waals surface area contributed by atoms with Gasteiger partial charge in [0.15, 0.2) is 0 Å². The summed E-state index contributed by atoms with van der Waals surface area (Å²) in [6.07, 6.45) is 0.242. The van der Waals surface area contributed by atoms with Gasteiger partial charge in [-0.2, -0.15) is 5.26 Å². The average molecular weight is 439 g/mol. The summed E-state index contributed by atoms with van der Waals surface area (Å²) in [4.78, 5) is 14.4. The van der Waals surface area contributed by atoms with Crippen LogP contribution < -0.4 is 14.4 Å². The number of methoxy groups -OCH3 is 2. The minimum Gasteiger partial charge on any atom is -0.497 e. The second-order valence-electron chi connectivity index (χ2n) is 6.52. The molecule has 0 aliphatic carbocycles. The standard InChI is InChI=1S/C22H22N4O4S/c1-15-5-7-16(8-6-15)26(12-4-11-23)20(27)14-31-22-25-24-21(30-22)18-10-9-17(28-2)13-19(18)29-3/h5-10,13H,4,12,14H2,1-3H3. The lowest BCUT2D eigenvalue weighted by atomic mass is 10.2. The highest BCUT2D eigenvalue weighted by Gasteiger charge is 2.19. The number of carbonyl (C=O) groups is 1. The molecule has 0 saturated carbocycles. The van der Waals surface area contributed by atoms with Crippen molar-refractivity contribution in [3.8, 4) is 29.0 Å². The quantitative estimate of drug-likeness (QED) is 0.460. The number of amides is 1. The van der Waals surface area contributed by atoms with E-state index in [9.17, 15) is 4.79 Å². The molecule has 0 spiro atoms. The normalized spacial score (nSPS) is 10.4. The monoisotopic (exact) mass is 438 g/mol. The summed E-state index contributed by atoms with van der Waals surface area (Å²) in [6.45, 7) is 2.29. The SMILES string of the molecule is COc1ccc(-c2nnc(SCC(=O)N(CCC#N)c3ccc(C)cc3)o2)c(OC)c1. The Labute approximate surface area is 184 Å². The van der Waals surface area contributed by atoms with Crippen LogP contribution in [0, 0.1) is 18.3 Å². The van der Waals surface area contributed by atoms with E-state index in [4.69, 9.17) is 19.2 Å². The molecule has 0 bridgehead atoms. The maximum atomic E-state index is 12.8. The number of benzene rings is 2. The Morgan fingerprint density at radius 1 is 1.16 bits per heavy atom. The topological polar surface area (TPSA) is 101 Å². The van der Waals surface area contributed by atoms with Crippen LogP contribution in [0.3, 0.4) is 0 Å². The van der Waals surface area contributed by atoms with Crippen molar-refractivity contribution in [2.24, 2.45) is 0 Å². The molecule has 0 atom stereocenters. The summed E-state index contributed by atoms with van der Waals surface area (Å²) in [5.74, 6) is 1.42. The predicted molar refractivity (Wildman–Crippen MR) is 117 cm³/mol. The summed E-state index contributed by atoms with van der Waals surface area (Å²) in [7, 11) is 3.12. The fourth-order valence-corrected chi connectivity index (χ4v) is 3.48. The van der Waals surface area contributed by atoms with Gasteiger partial charge in [-0.05, 0) is 31.2 Å². The molecular weight excluding hydrogens is 416 g/mol. The first-order chi connectivity index (χ1) is 15.0.